The fourth-order valence-electron chi connectivity index (χ4n) is 1.61. The number of rotatable bonds is 4. The molecule has 1 heterocycles. The Morgan fingerprint density at radius 3 is 2.50 bits per heavy atom. The molecule has 1 aromatic heterocycles. The van der Waals surface area contributed by atoms with Crippen LogP contribution in [0.3, 0.4) is 0 Å². The third-order valence-electron chi connectivity index (χ3n) is 2.72. The summed E-state index contributed by atoms with van der Waals surface area (Å²) in [6.07, 6.45) is 0.761. The van der Waals surface area contributed by atoms with E-state index in [0.29, 0.717) is 11.5 Å². The van der Waals surface area contributed by atoms with Crippen LogP contribution in [0.1, 0.15) is 46.4 Å². The minimum absolute atomic E-state index is 0.320. The number of hydrogen-bond acceptors (Lipinski definition) is 3. The largest absolute Gasteiger partial charge is 0.478 e. The normalized spacial score (nSPS) is 10.8. The molecule has 3 nitrogen and oxygen atoms in total. The molecule has 0 radical (unpaired) electrons. The first-order chi connectivity index (χ1) is 8.56. The van der Waals surface area contributed by atoms with Gasteiger partial charge in [0.15, 0.2) is 0 Å². The molecule has 0 spiro atoms. The molecule has 0 atom stereocenters. The van der Waals surface area contributed by atoms with E-state index in [-0.39, 0.29) is 0 Å². The molecule has 0 fully saturated rings. The summed E-state index contributed by atoms with van der Waals surface area (Å²) in [7, 11) is 0. The maximum atomic E-state index is 10.7. The minimum Gasteiger partial charge on any atom is -0.478 e. The van der Waals surface area contributed by atoms with E-state index in [4.69, 9.17) is 5.11 Å². The summed E-state index contributed by atoms with van der Waals surface area (Å²) in [5, 5.41) is 12.0. The lowest BCUT2D eigenvalue weighted by molar-refractivity contribution is 0.0697. The molecule has 2 aromatic rings. The Kier molecular flexibility index (Phi) is 3.77. The first kappa shape index (κ1) is 12.8. The Labute approximate surface area is 110 Å². The second kappa shape index (κ2) is 5.31. The summed E-state index contributed by atoms with van der Waals surface area (Å²) < 4.78 is 0. The highest BCUT2D eigenvalue weighted by atomic mass is 32.1. The Balaban J connectivity index is 2.10. The standard InChI is InChI=1S/C14H15NO2S/c1-9(2)12-8-18-13(15-12)7-10-3-5-11(6-4-10)14(16)17/h3-6,8-9H,7H2,1-2H3,(H,16,17). The van der Waals surface area contributed by atoms with Crippen LogP contribution < -0.4 is 0 Å². The van der Waals surface area contributed by atoms with Crippen molar-refractivity contribution in [2.45, 2.75) is 26.2 Å². The van der Waals surface area contributed by atoms with Gasteiger partial charge in [-0.25, -0.2) is 9.78 Å². The maximum Gasteiger partial charge on any atom is 0.335 e. The topological polar surface area (TPSA) is 50.2 Å². The fourth-order valence-corrected chi connectivity index (χ4v) is 2.60. The fraction of sp³-hybridized carbons (Fsp3) is 0.286. The van der Waals surface area contributed by atoms with Gasteiger partial charge in [-0.05, 0) is 23.6 Å². The van der Waals surface area contributed by atoms with Gasteiger partial charge in [0, 0.05) is 11.8 Å². The number of benzene rings is 1. The van der Waals surface area contributed by atoms with Crippen molar-refractivity contribution in [3.63, 3.8) is 0 Å². The number of aromatic nitrogens is 1. The van der Waals surface area contributed by atoms with Crippen molar-refractivity contribution >= 4 is 17.3 Å². The van der Waals surface area contributed by atoms with Crippen LogP contribution >= 0.6 is 11.3 Å². The highest BCUT2D eigenvalue weighted by molar-refractivity contribution is 7.09. The number of hydrogen-bond donors (Lipinski definition) is 1. The van der Waals surface area contributed by atoms with E-state index < -0.39 is 5.97 Å². The van der Waals surface area contributed by atoms with E-state index in [1.807, 2.05) is 12.1 Å². The summed E-state index contributed by atoms with van der Waals surface area (Å²) in [4.78, 5) is 15.3. The molecule has 0 saturated carbocycles. The van der Waals surface area contributed by atoms with E-state index in [9.17, 15) is 4.79 Å². The van der Waals surface area contributed by atoms with Crippen molar-refractivity contribution in [1.82, 2.24) is 4.98 Å². The van der Waals surface area contributed by atoms with Gasteiger partial charge in [-0.2, -0.15) is 0 Å². The number of nitrogens with zero attached hydrogens (tertiary/aromatic N) is 1. The Morgan fingerprint density at radius 2 is 2.00 bits per heavy atom. The smallest absolute Gasteiger partial charge is 0.335 e. The molecule has 4 heteroatoms. The molecule has 0 saturated heterocycles. The average molecular weight is 261 g/mol. The zero-order valence-corrected chi connectivity index (χ0v) is 11.2. The lowest BCUT2D eigenvalue weighted by atomic mass is 10.1. The van der Waals surface area contributed by atoms with Crippen LogP contribution in [-0.4, -0.2) is 16.1 Å². The van der Waals surface area contributed by atoms with E-state index in [2.05, 4.69) is 24.2 Å². The van der Waals surface area contributed by atoms with Crippen LogP contribution in [0.4, 0.5) is 0 Å². The van der Waals surface area contributed by atoms with Gasteiger partial charge in [-0.1, -0.05) is 26.0 Å². The molecule has 0 aliphatic heterocycles. The second-order valence-corrected chi connectivity index (χ2v) is 5.44. The van der Waals surface area contributed by atoms with Crippen molar-refractivity contribution in [1.29, 1.82) is 0 Å². The van der Waals surface area contributed by atoms with Crippen LogP contribution in [0, 0.1) is 0 Å². The Hall–Kier alpha value is -1.68. The number of aromatic carboxylic acids is 1. The first-order valence-electron chi connectivity index (χ1n) is 5.83. The highest BCUT2D eigenvalue weighted by Gasteiger charge is 2.07. The van der Waals surface area contributed by atoms with Crippen molar-refractivity contribution in [2.75, 3.05) is 0 Å². The highest BCUT2D eigenvalue weighted by Crippen LogP contribution is 2.20. The van der Waals surface area contributed by atoms with Crippen LogP contribution in [0.2, 0.25) is 0 Å². The van der Waals surface area contributed by atoms with Gasteiger partial charge in [0.25, 0.3) is 0 Å². The predicted octanol–water partition coefficient (Wildman–Crippen LogP) is 3.56. The van der Waals surface area contributed by atoms with E-state index in [1.54, 1.807) is 23.5 Å². The van der Waals surface area contributed by atoms with E-state index in [1.165, 1.54) is 0 Å². The van der Waals surface area contributed by atoms with Crippen molar-refractivity contribution < 1.29 is 9.90 Å². The van der Waals surface area contributed by atoms with Crippen molar-refractivity contribution in [2.24, 2.45) is 0 Å². The van der Waals surface area contributed by atoms with Crippen molar-refractivity contribution in [3.05, 3.63) is 51.5 Å². The van der Waals surface area contributed by atoms with Crippen LogP contribution in [0.25, 0.3) is 0 Å². The minimum atomic E-state index is -0.891. The lowest BCUT2D eigenvalue weighted by Crippen LogP contribution is -1.96. The molecular formula is C14H15NO2S. The summed E-state index contributed by atoms with van der Waals surface area (Å²) in [6, 6.07) is 6.96. The summed E-state index contributed by atoms with van der Waals surface area (Å²) in [5.41, 5.74) is 2.53. The molecule has 0 unspecified atom stereocenters. The van der Waals surface area contributed by atoms with Gasteiger partial charge in [0.1, 0.15) is 0 Å². The van der Waals surface area contributed by atoms with Gasteiger partial charge in [0.2, 0.25) is 0 Å². The van der Waals surface area contributed by atoms with Gasteiger partial charge in [-0.15, -0.1) is 11.3 Å². The monoisotopic (exact) mass is 261 g/mol. The summed E-state index contributed by atoms with van der Waals surface area (Å²) in [6.45, 7) is 4.25. The second-order valence-electron chi connectivity index (χ2n) is 4.50. The van der Waals surface area contributed by atoms with E-state index in [0.717, 1.165) is 22.7 Å². The zero-order chi connectivity index (χ0) is 13.1. The first-order valence-corrected chi connectivity index (χ1v) is 6.70. The number of carbonyl (C=O) groups is 1. The SMILES string of the molecule is CC(C)c1csc(Cc2ccc(C(=O)O)cc2)n1. The summed E-state index contributed by atoms with van der Waals surface area (Å²) in [5.74, 6) is -0.442. The number of carboxylic acid groups (broad SMARTS) is 1. The van der Waals surface area contributed by atoms with Crippen LogP contribution in [0.15, 0.2) is 29.6 Å². The zero-order valence-electron chi connectivity index (χ0n) is 10.4. The van der Waals surface area contributed by atoms with E-state index >= 15 is 0 Å². The van der Waals surface area contributed by atoms with Crippen molar-refractivity contribution in [3.8, 4) is 0 Å². The molecule has 0 bridgehead atoms. The molecule has 94 valence electrons. The lowest BCUT2D eigenvalue weighted by Gasteiger charge is -2.00. The molecule has 2 rings (SSSR count). The molecule has 0 amide bonds. The molecular weight excluding hydrogens is 246 g/mol. The maximum absolute atomic E-state index is 10.7. The number of thiazole rings is 1. The third kappa shape index (κ3) is 2.96. The molecule has 0 aliphatic rings. The Bertz CT molecular complexity index is 543. The van der Waals surface area contributed by atoms with Gasteiger partial charge < -0.3 is 5.11 Å². The third-order valence-corrected chi connectivity index (χ3v) is 3.58. The molecule has 0 aliphatic carbocycles. The molecule has 1 aromatic carbocycles. The van der Waals surface area contributed by atoms with Gasteiger partial charge in [0.05, 0.1) is 16.3 Å². The quantitative estimate of drug-likeness (QED) is 0.915. The predicted molar refractivity (Wildman–Crippen MR) is 72.4 cm³/mol. The number of carboxylic acids is 1. The molecule has 18 heavy (non-hydrogen) atoms. The average Bonchev–Trinajstić information content (AvgIpc) is 2.78. The van der Waals surface area contributed by atoms with Crippen LogP contribution in [-0.2, 0) is 6.42 Å². The van der Waals surface area contributed by atoms with Gasteiger partial charge >= 0.3 is 5.97 Å². The Morgan fingerprint density at radius 1 is 1.33 bits per heavy atom. The van der Waals surface area contributed by atoms with Crippen LogP contribution in [0.5, 0.6) is 0 Å². The molecule has 1 N–H and O–H groups in total. The summed E-state index contributed by atoms with van der Waals surface area (Å²) >= 11 is 1.66. The van der Waals surface area contributed by atoms with Gasteiger partial charge in [-0.3, -0.25) is 0 Å².